The van der Waals surface area contributed by atoms with Gasteiger partial charge in [-0.1, -0.05) is 37.7 Å². The first kappa shape index (κ1) is 21.8. The number of fused-ring (bicyclic) bond motifs is 1. The van der Waals surface area contributed by atoms with E-state index in [9.17, 15) is 0 Å². The third-order valence-corrected chi connectivity index (χ3v) is 6.98. The fraction of sp³-hybridized carbons (Fsp3) is 0.304. The molecule has 2 heterocycles. The Morgan fingerprint density at radius 1 is 1.10 bits per heavy atom. The van der Waals surface area contributed by atoms with Crippen molar-refractivity contribution in [3.63, 3.8) is 0 Å². The summed E-state index contributed by atoms with van der Waals surface area (Å²) in [6, 6.07) is 12.5. The van der Waals surface area contributed by atoms with E-state index >= 15 is 0 Å². The number of para-hydroxylation sites is 1. The number of nitrogens with one attached hydrogen (secondary N) is 2. The highest BCUT2D eigenvalue weighted by Crippen LogP contribution is 2.34. The molecule has 0 atom stereocenters. The third-order valence-electron chi connectivity index (χ3n) is 5.35. The van der Waals surface area contributed by atoms with Gasteiger partial charge >= 0.3 is 0 Å². The minimum atomic E-state index is -0.270. The van der Waals surface area contributed by atoms with E-state index in [0.717, 1.165) is 36.6 Å². The Hall–Kier alpha value is -2.40. The molecule has 0 saturated heterocycles. The molecule has 3 aromatic rings. The van der Waals surface area contributed by atoms with E-state index in [1.165, 1.54) is 16.4 Å². The molecule has 0 radical (unpaired) electrons. The van der Waals surface area contributed by atoms with Gasteiger partial charge < -0.3 is 20.3 Å². The molecule has 1 aromatic heterocycles. The standard InChI is InChI=1S/C23H27ClN5OP/c1-29-10-9-15-12-20(30-2)19(11-16(15)14-29)27-23-25-13-17(24)22(28-23)26-18-7-5-6-8-21(18)31(3)4/h5-8,11-13H,9-10,14H2,1-4H3,(H2,25,26,27,28). The van der Waals surface area contributed by atoms with Crippen LogP contribution < -0.4 is 20.7 Å². The van der Waals surface area contributed by atoms with Crippen molar-refractivity contribution >= 4 is 48.0 Å². The van der Waals surface area contributed by atoms with E-state index in [1.54, 1.807) is 13.3 Å². The van der Waals surface area contributed by atoms with E-state index in [4.69, 9.17) is 16.3 Å². The highest BCUT2D eigenvalue weighted by molar-refractivity contribution is 7.64. The summed E-state index contributed by atoms with van der Waals surface area (Å²) in [7, 11) is 3.55. The minimum Gasteiger partial charge on any atom is -0.495 e. The van der Waals surface area contributed by atoms with Crippen LogP contribution in [0.25, 0.3) is 0 Å². The molecule has 2 aromatic carbocycles. The average molecular weight is 456 g/mol. The lowest BCUT2D eigenvalue weighted by Gasteiger charge is -2.26. The molecule has 0 fully saturated rings. The summed E-state index contributed by atoms with van der Waals surface area (Å²) >= 11 is 6.41. The van der Waals surface area contributed by atoms with Gasteiger partial charge in [-0.3, -0.25) is 0 Å². The van der Waals surface area contributed by atoms with Gasteiger partial charge in [-0.2, -0.15) is 4.98 Å². The Bertz CT molecular complexity index is 1090. The van der Waals surface area contributed by atoms with Gasteiger partial charge in [0.15, 0.2) is 5.82 Å². The monoisotopic (exact) mass is 455 g/mol. The molecular weight excluding hydrogens is 429 g/mol. The average Bonchev–Trinajstić information content (AvgIpc) is 2.75. The predicted molar refractivity (Wildman–Crippen MR) is 131 cm³/mol. The zero-order valence-electron chi connectivity index (χ0n) is 18.2. The summed E-state index contributed by atoms with van der Waals surface area (Å²) in [5.41, 5.74) is 4.47. The molecule has 1 aliphatic rings. The van der Waals surface area contributed by atoms with Crippen LogP contribution in [0, 0.1) is 0 Å². The Morgan fingerprint density at radius 2 is 1.90 bits per heavy atom. The number of ether oxygens (including phenoxy) is 1. The summed E-state index contributed by atoms with van der Waals surface area (Å²) in [6.45, 7) is 6.42. The van der Waals surface area contributed by atoms with Crippen molar-refractivity contribution in [3.05, 3.63) is 58.7 Å². The van der Waals surface area contributed by atoms with E-state index < -0.39 is 0 Å². The van der Waals surface area contributed by atoms with Crippen LogP contribution in [-0.4, -0.2) is 48.9 Å². The number of aromatic nitrogens is 2. The number of halogens is 1. The first-order valence-corrected chi connectivity index (χ1v) is 12.8. The van der Waals surface area contributed by atoms with E-state index in [2.05, 4.69) is 70.1 Å². The maximum Gasteiger partial charge on any atom is 0.229 e. The van der Waals surface area contributed by atoms with Gasteiger partial charge in [0, 0.05) is 18.8 Å². The second-order valence-electron chi connectivity index (χ2n) is 7.86. The predicted octanol–water partition coefficient (Wildman–Crippen LogP) is 4.98. The van der Waals surface area contributed by atoms with Crippen LogP contribution in [0.5, 0.6) is 5.75 Å². The van der Waals surface area contributed by atoms with Crippen molar-refractivity contribution in [1.29, 1.82) is 0 Å². The SMILES string of the molecule is COc1cc2c(cc1Nc1ncc(Cl)c(Nc3ccccc3P(C)C)n1)CN(C)CC2. The lowest BCUT2D eigenvalue weighted by atomic mass is 9.99. The lowest BCUT2D eigenvalue weighted by molar-refractivity contribution is 0.312. The summed E-state index contributed by atoms with van der Waals surface area (Å²) in [6.07, 6.45) is 2.63. The zero-order valence-corrected chi connectivity index (χ0v) is 19.9. The third kappa shape index (κ3) is 4.93. The number of likely N-dealkylation sites (N-methyl/N-ethyl adjacent to an activating group) is 1. The highest BCUT2D eigenvalue weighted by atomic mass is 35.5. The molecule has 2 N–H and O–H groups in total. The number of nitrogens with zero attached hydrogens (tertiary/aromatic N) is 3. The number of methoxy groups -OCH3 is 1. The molecule has 0 bridgehead atoms. The molecule has 1 aliphatic heterocycles. The number of hydrogen-bond donors (Lipinski definition) is 2. The molecule has 0 amide bonds. The maximum absolute atomic E-state index is 6.41. The van der Waals surface area contributed by atoms with Gasteiger partial charge in [-0.15, -0.1) is 0 Å². The van der Waals surface area contributed by atoms with E-state index in [-0.39, 0.29) is 7.92 Å². The molecule has 0 aliphatic carbocycles. The van der Waals surface area contributed by atoms with Crippen LogP contribution in [0.4, 0.5) is 23.1 Å². The van der Waals surface area contributed by atoms with E-state index in [1.807, 2.05) is 12.1 Å². The molecule has 0 spiro atoms. The van der Waals surface area contributed by atoms with Crippen molar-refractivity contribution in [1.82, 2.24) is 14.9 Å². The molecule has 0 saturated carbocycles. The maximum atomic E-state index is 6.41. The Morgan fingerprint density at radius 3 is 2.68 bits per heavy atom. The van der Waals surface area contributed by atoms with Crippen molar-refractivity contribution in [3.8, 4) is 5.75 Å². The fourth-order valence-electron chi connectivity index (χ4n) is 3.73. The van der Waals surface area contributed by atoms with Gasteiger partial charge in [-0.05, 0) is 61.4 Å². The molecule has 31 heavy (non-hydrogen) atoms. The van der Waals surface area contributed by atoms with Gasteiger partial charge in [0.2, 0.25) is 5.95 Å². The summed E-state index contributed by atoms with van der Waals surface area (Å²) in [5.74, 6) is 1.81. The first-order chi connectivity index (χ1) is 14.9. The van der Waals surface area contributed by atoms with Gasteiger partial charge in [-0.25, -0.2) is 4.98 Å². The van der Waals surface area contributed by atoms with Crippen LogP contribution in [0.15, 0.2) is 42.6 Å². The van der Waals surface area contributed by atoms with Crippen LogP contribution in [0.2, 0.25) is 5.02 Å². The fourth-order valence-corrected chi connectivity index (χ4v) is 4.86. The molecule has 6 nitrogen and oxygen atoms in total. The number of anilines is 4. The molecule has 8 heteroatoms. The van der Waals surface area contributed by atoms with Gasteiger partial charge in [0.25, 0.3) is 0 Å². The largest absolute Gasteiger partial charge is 0.495 e. The smallest absolute Gasteiger partial charge is 0.229 e. The second kappa shape index (κ2) is 9.39. The molecule has 162 valence electrons. The quantitative estimate of drug-likeness (QED) is 0.511. The van der Waals surface area contributed by atoms with Gasteiger partial charge in [0.1, 0.15) is 10.8 Å². The van der Waals surface area contributed by atoms with Crippen molar-refractivity contribution < 1.29 is 4.74 Å². The topological polar surface area (TPSA) is 62.3 Å². The lowest BCUT2D eigenvalue weighted by Crippen LogP contribution is -2.26. The minimum absolute atomic E-state index is 0.270. The van der Waals surface area contributed by atoms with Gasteiger partial charge in [0.05, 0.1) is 19.0 Å². The van der Waals surface area contributed by atoms with Crippen LogP contribution in [-0.2, 0) is 13.0 Å². The number of rotatable bonds is 6. The summed E-state index contributed by atoms with van der Waals surface area (Å²) in [5, 5.41) is 8.44. The summed E-state index contributed by atoms with van der Waals surface area (Å²) in [4.78, 5) is 11.3. The Labute approximate surface area is 189 Å². The highest BCUT2D eigenvalue weighted by Gasteiger charge is 2.18. The van der Waals surface area contributed by atoms with Crippen molar-refractivity contribution in [2.75, 3.05) is 44.7 Å². The van der Waals surface area contributed by atoms with Crippen LogP contribution >= 0.6 is 19.5 Å². The van der Waals surface area contributed by atoms with Crippen molar-refractivity contribution in [2.24, 2.45) is 0 Å². The Balaban J connectivity index is 1.63. The molecule has 0 unspecified atom stereocenters. The first-order valence-electron chi connectivity index (χ1n) is 10.2. The Kier molecular flexibility index (Phi) is 6.61. The zero-order chi connectivity index (χ0) is 22.0. The van der Waals surface area contributed by atoms with Crippen LogP contribution in [0.3, 0.4) is 0 Å². The normalized spacial score (nSPS) is 13.7. The molecular formula is C23H27ClN5OP. The van der Waals surface area contributed by atoms with E-state index in [0.29, 0.717) is 16.8 Å². The number of benzene rings is 2. The summed E-state index contributed by atoms with van der Waals surface area (Å²) < 4.78 is 5.63. The second-order valence-corrected chi connectivity index (χ2v) is 10.5. The van der Waals surface area contributed by atoms with Crippen molar-refractivity contribution in [2.45, 2.75) is 13.0 Å². The number of hydrogen-bond acceptors (Lipinski definition) is 6. The molecule has 4 rings (SSSR count). The van der Waals surface area contributed by atoms with Crippen LogP contribution in [0.1, 0.15) is 11.1 Å².